The summed E-state index contributed by atoms with van der Waals surface area (Å²) in [5, 5.41) is 4.68. The van der Waals surface area contributed by atoms with Crippen LogP contribution < -0.4 is 9.47 Å². The van der Waals surface area contributed by atoms with Crippen LogP contribution in [-0.2, 0) is 13.0 Å². The van der Waals surface area contributed by atoms with Crippen molar-refractivity contribution in [2.45, 2.75) is 13.0 Å². The summed E-state index contributed by atoms with van der Waals surface area (Å²) in [6.07, 6.45) is 0.867. The van der Waals surface area contributed by atoms with Gasteiger partial charge in [0.15, 0.2) is 11.5 Å². The van der Waals surface area contributed by atoms with E-state index in [1.807, 2.05) is 49.5 Å². The first-order valence-corrected chi connectivity index (χ1v) is 8.95. The van der Waals surface area contributed by atoms with Gasteiger partial charge in [-0.3, -0.25) is 4.90 Å². The fourth-order valence-electron chi connectivity index (χ4n) is 2.73. The van der Waals surface area contributed by atoms with Gasteiger partial charge in [-0.2, -0.15) is 4.98 Å². The Morgan fingerprint density at radius 3 is 2.63 bits per heavy atom. The Kier molecular flexibility index (Phi) is 6.32. The molecule has 0 amide bonds. The standard InChI is InChI=1S/C20H22ClN3O3/c1-24(10-9-14-7-8-17(25-2)18(11-14)26-3)13-19-22-20(23-27-19)15-5-4-6-16(21)12-15/h4-8,11-12H,9-10,13H2,1-3H3. The van der Waals surface area contributed by atoms with Crippen molar-refractivity contribution in [3.63, 3.8) is 0 Å². The normalized spacial score (nSPS) is 11.0. The largest absolute Gasteiger partial charge is 0.493 e. The molecule has 3 aromatic rings. The van der Waals surface area contributed by atoms with E-state index < -0.39 is 0 Å². The number of likely N-dealkylation sites (N-methyl/N-ethyl adjacent to an activating group) is 1. The third-order valence-corrected chi connectivity index (χ3v) is 4.42. The van der Waals surface area contributed by atoms with Crippen LogP contribution in [0.2, 0.25) is 5.02 Å². The highest BCUT2D eigenvalue weighted by atomic mass is 35.5. The van der Waals surface area contributed by atoms with E-state index in [0.29, 0.717) is 23.3 Å². The first kappa shape index (κ1) is 19.2. The molecule has 0 N–H and O–H groups in total. The van der Waals surface area contributed by atoms with Gasteiger partial charge in [-0.15, -0.1) is 0 Å². The topological polar surface area (TPSA) is 60.6 Å². The molecule has 0 bridgehead atoms. The first-order valence-electron chi connectivity index (χ1n) is 8.57. The predicted molar refractivity (Wildman–Crippen MR) is 104 cm³/mol. The third-order valence-electron chi connectivity index (χ3n) is 4.19. The van der Waals surface area contributed by atoms with E-state index in [9.17, 15) is 0 Å². The van der Waals surface area contributed by atoms with Crippen molar-refractivity contribution in [3.8, 4) is 22.9 Å². The van der Waals surface area contributed by atoms with E-state index in [0.717, 1.165) is 30.0 Å². The fraction of sp³-hybridized carbons (Fsp3) is 0.300. The molecule has 0 spiro atoms. The van der Waals surface area contributed by atoms with Crippen LogP contribution in [-0.4, -0.2) is 42.9 Å². The van der Waals surface area contributed by atoms with Gasteiger partial charge in [-0.1, -0.05) is 35.0 Å². The predicted octanol–water partition coefficient (Wildman–Crippen LogP) is 4.08. The Bertz CT molecular complexity index is 898. The summed E-state index contributed by atoms with van der Waals surface area (Å²) in [6.45, 7) is 1.41. The molecule has 0 fully saturated rings. The van der Waals surface area contributed by atoms with E-state index in [1.54, 1.807) is 14.2 Å². The van der Waals surface area contributed by atoms with Gasteiger partial charge >= 0.3 is 0 Å². The summed E-state index contributed by atoms with van der Waals surface area (Å²) in [5.74, 6) is 2.58. The molecule has 0 aliphatic carbocycles. The van der Waals surface area contributed by atoms with Gasteiger partial charge in [0.25, 0.3) is 0 Å². The Morgan fingerprint density at radius 2 is 1.89 bits per heavy atom. The molecule has 0 saturated carbocycles. The average molecular weight is 388 g/mol. The maximum absolute atomic E-state index is 6.01. The molecular formula is C20H22ClN3O3. The lowest BCUT2D eigenvalue weighted by Crippen LogP contribution is -2.21. The number of halogens is 1. The lowest BCUT2D eigenvalue weighted by Gasteiger charge is -2.15. The van der Waals surface area contributed by atoms with Gasteiger partial charge in [0.1, 0.15) is 0 Å². The van der Waals surface area contributed by atoms with Crippen molar-refractivity contribution in [1.82, 2.24) is 15.0 Å². The number of aromatic nitrogens is 2. The molecule has 1 aromatic heterocycles. The van der Waals surface area contributed by atoms with Crippen molar-refractivity contribution in [2.75, 3.05) is 27.8 Å². The second-order valence-corrected chi connectivity index (χ2v) is 6.64. The van der Waals surface area contributed by atoms with E-state index in [4.69, 9.17) is 25.6 Å². The number of ether oxygens (including phenoxy) is 2. The second kappa shape index (κ2) is 8.88. The zero-order chi connectivity index (χ0) is 19.2. The highest BCUT2D eigenvalue weighted by molar-refractivity contribution is 6.30. The first-order chi connectivity index (χ1) is 13.1. The van der Waals surface area contributed by atoms with Crippen molar-refractivity contribution >= 4 is 11.6 Å². The van der Waals surface area contributed by atoms with Crippen LogP contribution in [0.1, 0.15) is 11.5 Å². The highest BCUT2D eigenvalue weighted by Gasteiger charge is 2.12. The van der Waals surface area contributed by atoms with Gasteiger partial charge in [0.05, 0.1) is 20.8 Å². The third kappa shape index (κ3) is 4.99. The van der Waals surface area contributed by atoms with Crippen molar-refractivity contribution < 1.29 is 14.0 Å². The van der Waals surface area contributed by atoms with Crippen LogP contribution >= 0.6 is 11.6 Å². The summed E-state index contributed by atoms with van der Waals surface area (Å²) in [4.78, 5) is 6.58. The molecular weight excluding hydrogens is 366 g/mol. The number of rotatable bonds is 8. The van der Waals surface area contributed by atoms with Crippen LogP contribution in [0.15, 0.2) is 47.0 Å². The lowest BCUT2D eigenvalue weighted by molar-refractivity contribution is 0.269. The molecule has 0 atom stereocenters. The minimum atomic E-state index is 0.542. The van der Waals surface area contributed by atoms with E-state index in [1.165, 1.54) is 5.56 Å². The van der Waals surface area contributed by atoms with E-state index in [2.05, 4.69) is 15.0 Å². The van der Waals surface area contributed by atoms with Crippen LogP contribution in [0.25, 0.3) is 11.4 Å². The highest BCUT2D eigenvalue weighted by Crippen LogP contribution is 2.27. The minimum Gasteiger partial charge on any atom is -0.493 e. The maximum Gasteiger partial charge on any atom is 0.241 e. The molecule has 0 aliphatic rings. The van der Waals surface area contributed by atoms with Gasteiger partial charge in [-0.05, 0) is 43.3 Å². The molecule has 27 heavy (non-hydrogen) atoms. The molecule has 0 unspecified atom stereocenters. The summed E-state index contributed by atoms with van der Waals surface area (Å²) in [6, 6.07) is 13.4. The smallest absolute Gasteiger partial charge is 0.241 e. The SMILES string of the molecule is COc1ccc(CCN(C)Cc2nc(-c3cccc(Cl)c3)no2)cc1OC. The van der Waals surface area contributed by atoms with Crippen molar-refractivity contribution in [3.05, 3.63) is 58.9 Å². The molecule has 3 rings (SSSR count). The Labute approximate surface area is 163 Å². The Hall–Kier alpha value is -2.57. The van der Waals surface area contributed by atoms with E-state index in [-0.39, 0.29) is 0 Å². The van der Waals surface area contributed by atoms with Crippen LogP contribution in [0, 0.1) is 0 Å². The number of methoxy groups -OCH3 is 2. The number of hydrogen-bond acceptors (Lipinski definition) is 6. The zero-order valence-electron chi connectivity index (χ0n) is 15.6. The number of benzene rings is 2. The van der Waals surface area contributed by atoms with Crippen LogP contribution in [0.4, 0.5) is 0 Å². The van der Waals surface area contributed by atoms with Crippen LogP contribution in [0.3, 0.4) is 0 Å². The zero-order valence-corrected chi connectivity index (χ0v) is 16.4. The molecule has 1 heterocycles. The van der Waals surface area contributed by atoms with Gasteiger partial charge in [-0.25, -0.2) is 0 Å². The van der Waals surface area contributed by atoms with Crippen molar-refractivity contribution in [2.24, 2.45) is 0 Å². The molecule has 6 nitrogen and oxygen atoms in total. The summed E-state index contributed by atoms with van der Waals surface area (Å²) < 4.78 is 16.0. The molecule has 7 heteroatoms. The average Bonchev–Trinajstić information content (AvgIpc) is 3.14. The maximum atomic E-state index is 6.01. The molecule has 0 radical (unpaired) electrons. The van der Waals surface area contributed by atoms with Crippen LogP contribution in [0.5, 0.6) is 11.5 Å². The van der Waals surface area contributed by atoms with Crippen molar-refractivity contribution in [1.29, 1.82) is 0 Å². The molecule has 142 valence electrons. The van der Waals surface area contributed by atoms with E-state index >= 15 is 0 Å². The summed E-state index contributed by atoms with van der Waals surface area (Å²) in [5.41, 5.74) is 2.01. The number of hydrogen-bond donors (Lipinski definition) is 0. The summed E-state index contributed by atoms with van der Waals surface area (Å²) >= 11 is 6.01. The second-order valence-electron chi connectivity index (χ2n) is 6.20. The molecule has 0 aliphatic heterocycles. The fourth-order valence-corrected chi connectivity index (χ4v) is 2.92. The Balaban J connectivity index is 1.58. The quantitative estimate of drug-likeness (QED) is 0.580. The monoisotopic (exact) mass is 387 g/mol. The van der Waals surface area contributed by atoms with Gasteiger partial charge in [0.2, 0.25) is 11.7 Å². The van der Waals surface area contributed by atoms with Gasteiger partial charge in [0, 0.05) is 17.1 Å². The number of nitrogens with zero attached hydrogens (tertiary/aromatic N) is 3. The molecule has 2 aromatic carbocycles. The van der Waals surface area contributed by atoms with Gasteiger partial charge < -0.3 is 14.0 Å². The minimum absolute atomic E-state index is 0.542. The Morgan fingerprint density at radius 1 is 1.07 bits per heavy atom. The lowest BCUT2D eigenvalue weighted by atomic mass is 10.1. The summed E-state index contributed by atoms with van der Waals surface area (Å²) in [7, 11) is 5.29. The molecule has 0 saturated heterocycles.